The number of methoxy groups -OCH3 is 1. The summed E-state index contributed by atoms with van der Waals surface area (Å²) in [4.78, 5) is 0. The van der Waals surface area contributed by atoms with E-state index in [9.17, 15) is 0 Å². The first-order valence-corrected chi connectivity index (χ1v) is 6.42. The molecule has 0 aliphatic rings. The minimum atomic E-state index is 0.707. The maximum Gasteiger partial charge on any atom is 0.126 e. The van der Waals surface area contributed by atoms with Crippen LogP contribution in [0.4, 0.5) is 5.69 Å². The maximum atomic E-state index is 5.90. The highest BCUT2D eigenvalue weighted by molar-refractivity contribution is 7.79. The molecule has 2 rings (SSSR count). The first-order valence-electron chi connectivity index (χ1n) is 5.79. The van der Waals surface area contributed by atoms with E-state index < -0.39 is 0 Å². The SMILES string of the molecule is COc1ccc(CS)cc1-c1cc(C)cc(N)c1. The van der Waals surface area contributed by atoms with Crippen LogP contribution in [-0.4, -0.2) is 7.11 Å². The van der Waals surface area contributed by atoms with Crippen LogP contribution in [0.5, 0.6) is 5.75 Å². The van der Waals surface area contributed by atoms with Gasteiger partial charge >= 0.3 is 0 Å². The summed E-state index contributed by atoms with van der Waals surface area (Å²) in [5.41, 5.74) is 11.1. The fourth-order valence-electron chi connectivity index (χ4n) is 2.05. The van der Waals surface area contributed by atoms with Crippen LogP contribution in [0, 0.1) is 6.92 Å². The molecular formula is C15H17NOS. The smallest absolute Gasteiger partial charge is 0.126 e. The fourth-order valence-corrected chi connectivity index (χ4v) is 2.24. The van der Waals surface area contributed by atoms with Crippen molar-refractivity contribution in [3.8, 4) is 16.9 Å². The third-order valence-corrected chi connectivity index (χ3v) is 3.22. The molecule has 18 heavy (non-hydrogen) atoms. The zero-order valence-corrected chi connectivity index (χ0v) is 11.5. The van der Waals surface area contributed by atoms with Gasteiger partial charge in [-0.05, 0) is 47.9 Å². The Balaban J connectivity index is 2.60. The Morgan fingerprint density at radius 2 is 1.94 bits per heavy atom. The van der Waals surface area contributed by atoms with Gasteiger partial charge in [-0.2, -0.15) is 12.6 Å². The number of hydrogen-bond donors (Lipinski definition) is 2. The summed E-state index contributed by atoms with van der Waals surface area (Å²) in [5, 5.41) is 0. The summed E-state index contributed by atoms with van der Waals surface area (Å²) in [6.45, 7) is 2.04. The van der Waals surface area contributed by atoms with Crippen molar-refractivity contribution < 1.29 is 4.74 Å². The molecule has 0 aliphatic heterocycles. The molecule has 0 saturated carbocycles. The van der Waals surface area contributed by atoms with Crippen molar-refractivity contribution in [2.24, 2.45) is 0 Å². The third kappa shape index (κ3) is 2.62. The van der Waals surface area contributed by atoms with Gasteiger partial charge in [-0.3, -0.25) is 0 Å². The summed E-state index contributed by atoms with van der Waals surface area (Å²) >= 11 is 4.31. The van der Waals surface area contributed by atoms with Crippen molar-refractivity contribution in [1.82, 2.24) is 0 Å². The minimum Gasteiger partial charge on any atom is -0.496 e. The normalized spacial score (nSPS) is 10.4. The van der Waals surface area contributed by atoms with E-state index in [1.54, 1.807) is 7.11 Å². The molecule has 0 atom stereocenters. The Labute approximate surface area is 113 Å². The van der Waals surface area contributed by atoms with Gasteiger partial charge in [0.05, 0.1) is 7.11 Å². The molecule has 0 fully saturated rings. The summed E-state index contributed by atoms with van der Waals surface area (Å²) in [7, 11) is 1.68. The standard InChI is InChI=1S/C15H17NOS/c1-10-5-12(8-13(16)6-10)14-7-11(9-18)3-4-15(14)17-2/h3-8,18H,9,16H2,1-2H3. The summed E-state index contributed by atoms with van der Waals surface area (Å²) in [6, 6.07) is 12.1. The van der Waals surface area contributed by atoms with E-state index in [2.05, 4.69) is 24.8 Å². The second-order valence-corrected chi connectivity index (χ2v) is 4.64. The Hall–Kier alpha value is -1.61. The highest BCUT2D eigenvalue weighted by Gasteiger charge is 2.08. The number of ether oxygens (including phenoxy) is 1. The Kier molecular flexibility index (Phi) is 3.82. The van der Waals surface area contributed by atoms with Gasteiger partial charge in [0, 0.05) is 17.0 Å². The van der Waals surface area contributed by atoms with Crippen molar-refractivity contribution in [1.29, 1.82) is 0 Å². The second kappa shape index (κ2) is 5.36. The molecule has 0 aromatic heterocycles. The van der Waals surface area contributed by atoms with Gasteiger partial charge in [0.15, 0.2) is 0 Å². The molecule has 0 heterocycles. The van der Waals surface area contributed by atoms with Crippen LogP contribution in [0.1, 0.15) is 11.1 Å². The first-order chi connectivity index (χ1) is 8.63. The highest BCUT2D eigenvalue weighted by atomic mass is 32.1. The molecule has 2 N–H and O–H groups in total. The van der Waals surface area contributed by atoms with E-state index in [1.165, 1.54) is 0 Å². The number of anilines is 1. The fraction of sp³-hybridized carbons (Fsp3) is 0.200. The van der Waals surface area contributed by atoms with Crippen molar-refractivity contribution in [3.63, 3.8) is 0 Å². The van der Waals surface area contributed by atoms with Crippen LogP contribution in [0.25, 0.3) is 11.1 Å². The lowest BCUT2D eigenvalue weighted by molar-refractivity contribution is 0.416. The zero-order valence-electron chi connectivity index (χ0n) is 10.6. The Morgan fingerprint density at radius 1 is 1.17 bits per heavy atom. The van der Waals surface area contributed by atoms with Crippen molar-refractivity contribution in [2.75, 3.05) is 12.8 Å². The molecular weight excluding hydrogens is 242 g/mol. The van der Waals surface area contributed by atoms with Gasteiger partial charge in [-0.15, -0.1) is 0 Å². The van der Waals surface area contributed by atoms with E-state index in [-0.39, 0.29) is 0 Å². The molecule has 2 aromatic rings. The average molecular weight is 259 g/mol. The molecule has 94 valence electrons. The summed E-state index contributed by atoms with van der Waals surface area (Å²) < 4.78 is 5.41. The van der Waals surface area contributed by atoms with Crippen molar-refractivity contribution in [2.45, 2.75) is 12.7 Å². The second-order valence-electron chi connectivity index (χ2n) is 4.33. The predicted molar refractivity (Wildman–Crippen MR) is 80.3 cm³/mol. The van der Waals surface area contributed by atoms with Gasteiger partial charge in [0.25, 0.3) is 0 Å². The highest BCUT2D eigenvalue weighted by Crippen LogP contribution is 2.33. The molecule has 2 nitrogen and oxygen atoms in total. The van der Waals surface area contributed by atoms with Gasteiger partial charge in [0.2, 0.25) is 0 Å². The quantitative estimate of drug-likeness (QED) is 0.651. The number of thiol groups is 1. The van der Waals surface area contributed by atoms with Crippen LogP contribution in [0.3, 0.4) is 0 Å². The molecule has 0 radical (unpaired) electrons. The van der Waals surface area contributed by atoms with Gasteiger partial charge < -0.3 is 10.5 Å². The minimum absolute atomic E-state index is 0.707. The number of benzene rings is 2. The van der Waals surface area contributed by atoms with Gasteiger partial charge in [0.1, 0.15) is 5.75 Å². The van der Waals surface area contributed by atoms with Crippen LogP contribution in [-0.2, 0) is 5.75 Å². The lowest BCUT2D eigenvalue weighted by Gasteiger charge is -2.11. The number of hydrogen-bond acceptors (Lipinski definition) is 3. The van der Waals surface area contributed by atoms with Crippen LogP contribution < -0.4 is 10.5 Å². The van der Waals surface area contributed by atoms with Crippen molar-refractivity contribution >= 4 is 18.3 Å². The molecule has 0 aliphatic carbocycles. The van der Waals surface area contributed by atoms with E-state index in [1.807, 2.05) is 31.2 Å². The zero-order chi connectivity index (χ0) is 13.1. The molecule has 0 saturated heterocycles. The number of nitrogen functional groups attached to an aromatic ring is 1. The van der Waals surface area contributed by atoms with E-state index in [0.717, 1.165) is 33.7 Å². The molecule has 0 unspecified atom stereocenters. The van der Waals surface area contributed by atoms with Crippen LogP contribution >= 0.6 is 12.6 Å². The number of aryl methyl sites for hydroxylation is 1. The number of nitrogens with two attached hydrogens (primary N) is 1. The van der Waals surface area contributed by atoms with Gasteiger partial charge in [-0.25, -0.2) is 0 Å². The maximum absolute atomic E-state index is 5.90. The van der Waals surface area contributed by atoms with E-state index >= 15 is 0 Å². The van der Waals surface area contributed by atoms with Crippen LogP contribution in [0.15, 0.2) is 36.4 Å². The summed E-state index contributed by atoms with van der Waals surface area (Å²) in [5.74, 6) is 1.56. The van der Waals surface area contributed by atoms with Crippen LogP contribution in [0.2, 0.25) is 0 Å². The Morgan fingerprint density at radius 3 is 2.56 bits per heavy atom. The monoisotopic (exact) mass is 259 g/mol. The largest absolute Gasteiger partial charge is 0.496 e. The molecule has 0 amide bonds. The molecule has 0 bridgehead atoms. The van der Waals surface area contributed by atoms with Gasteiger partial charge in [-0.1, -0.05) is 12.1 Å². The first kappa shape index (κ1) is 12.8. The predicted octanol–water partition coefficient (Wildman–Crippen LogP) is 3.68. The lowest BCUT2D eigenvalue weighted by atomic mass is 10.00. The van der Waals surface area contributed by atoms with E-state index in [4.69, 9.17) is 10.5 Å². The average Bonchev–Trinajstić information content (AvgIpc) is 2.36. The molecule has 2 aromatic carbocycles. The van der Waals surface area contributed by atoms with E-state index in [0.29, 0.717) is 5.75 Å². The topological polar surface area (TPSA) is 35.2 Å². The lowest BCUT2D eigenvalue weighted by Crippen LogP contribution is -1.92. The summed E-state index contributed by atoms with van der Waals surface area (Å²) in [6.07, 6.45) is 0. The number of rotatable bonds is 3. The molecule has 0 spiro atoms. The molecule has 3 heteroatoms. The Bertz CT molecular complexity index is 546. The third-order valence-electron chi connectivity index (χ3n) is 2.86. The van der Waals surface area contributed by atoms with Crippen molar-refractivity contribution in [3.05, 3.63) is 47.5 Å².